The van der Waals surface area contributed by atoms with Crippen LogP contribution in [0.4, 0.5) is 0 Å². The van der Waals surface area contributed by atoms with Gasteiger partial charge in [0.2, 0.25) is 5.89 Å². The van der Waals surface area contributed by atoms with Crippen LogP contribution in [0.5, 0.6) is 0 Å². The van der Waals surface area contributed by atoms with Gasteiger partial charge in [0, 0.05) is 29.0 Å². The fourth-order valence-corrected chi connectivity index (χ4v) is 3.38. The van der Waals surface area contributed by atoms with Crippen LogP contribution in [0.25, 0.3) is 10.6 Å². The number of likely N-dealkylation sites (tertiary alicyclic amines) is 1. The summed E-state index contributed by atoms with van der Waals surface area (Å²) in [5.74, 6) is 0.207. The zero-order valence-electron chi connectivity index (χ0n) is 13.5. The van der Waals surface area contributed by atoms with Gasteiger partial charge in [-0.2, -0.15) is 0 Å². The van der Waals surface area contributed by atoms with Gasteiger partial charge in [-0.15, -0.1) is 11.3 Å². The van der Waals surface area contributed by atoms with Crippen LogP contribution in [0.3, 0.4) is 0 Å². The first kappa shape index (κ1) is 15.9. The zero-order chi connectivity index (χ0) is 17.4. The molecule has 0 atom stereocenters. The van der Waals surface area contributed by atoms with Gasteiger partial charge in [-0.05, 0) is 19.1 Å². The number of hydrogen-bond acceptors (Lipinski definition) is 7. The Balaban J connectivity index is 1.42. The van der Waals surface area contributed by atoms with E-state index in [0.29, 0.717) is 25.4 Å². The number of nitrogens with zero attached hydrogens (tertiary/aromatic N) is 4. The lowest BCUT2D eigenvalue weighted by Gasteiger charge is -2.43. The van der Waals surface area contributed by atoms with Crippen LogP contribution in [0.2, 0.25) is 0 Å². The van der Waals surface area contributed by atoms with Gasteiger partial charge >= 0.3 is 0 Å². The molecule has 0 saturated carbocycles. The molecule has 0 aromatic carbocycles. The fraction of sp³-hybridized carbons (Fsp3) is 0.294. The Morgan fingerprint density at radius 3 is 2.88 bits per heavy atom. The number of oxazole rings is 1. The highest BCUT2D eigenvalue weighted by Gasteiger charge is 2.40. The second-order valence-electron chi connectivity index (χ2n) is 6.34. The van der Waals surface area contributed by atoms with E-state index in [1.165, 1.54) is 6.26 Å². The average Bonchev–Trinajstić information content (AvgIpc) is 3.24. The molecule has 1 fully saturated rings. The number of carbonyl (C=O) groups is 1. The highest BCUT2D eigenvalue weighted by atomic mass is 32.1. The average molecular weight is 356 g/mol. The summed E-state index contributed by atoms with van der Waals surface area (Å²) < 4.78 is 5.39. The minimum Gasteiger partial charge on any atom is -0.448 e. The summed E-state index contributed by atoms with van der Waals surface area (Å²) >= 11 is 1.56. The van der Waals surface area contributed by atoms with Crippen LogP contribution < -0.4 is 0 Å². The van der Waals surface area contributed by atoms with Crippen molar-refractivity contribution in [2.45, 2.75) is 18.9 Å². The molecule has 1 saturated heterocycles. The molecule has 0 aliphatic carbocycles. The summed E-state index contributed by atoms with van der Waals surface area (Å²) in [6, 6.07) is 3.85. The van der Waals surface area contributed by atoms with Gasteiger partial charge in [0.25, 0.3) is 5.91 Å². The standard InChI is InChI=1S/C17H16N4O3S/c1-17(23)9-21(10-17)16(22)13-8-24-14(20-13)6-12-3-2-11(7-19-12)15-18-4-5-25-15/h2-5,7-8,23H,6,9-10H2,1H3. The predicted molar refractivity (Wildman–Crippen MR) is 91.2 cm³/mol. The van der Waals surface area contributed by atoms with Crippen molar-refractivity contribution in [3.63, 3.8) is 0 Å². The first-order valence-electron chi connectivity index (χ1n) is 7.81. The van der Waals surface area contributed by atoms with Crippen LogP contribution in [-0.4, -0.2) is 49.6 Å². The molecule has 4 rings (SSSR count). The molecule has 3 aromatic heterocycles. The topological polar surface area (TPSA) is 92.3 Å². The molecule has 25 heavy (non-hydrogen) atoms. The summed E-state index contributed by atoms with van der Waals surface area (Å²) in [7, 11) is 0. The molecular formula is C17H16N4O3S. The van der Waals surface area contributed by atoms with Crippen molar-refractivity contribution in [2.75, 3.05) is 13.1 Å². The normalized spacial score (nSPS) is 15.8. The number of aliphatic hydroxyl groups is 1. The number of amides is 1. The van der Waals surface area contributed by atoms with Crippen molar-refractivity contribution in [1.82, 2.24) is 19.9 Å². The number of pyridine rings is 1. The number of rotatable bonds is 4. The van der Waals surface area contributed by atoms with E-state index in [-0.39, 0.29) is 11.6 Å². The van der Waals surface area contributed by atoms with Gasteiger partial charge in [-0.25, -0.2) is 9.97 Å². The molecule has 0 bridgehead atoms. The maximum absolute atomic E-state index is 12.2. The van der Waals surface area contributed by atoms with Crippen molar-refractivity contribution < 1.29 is 14.3 Å². The van der Waals surface area contributed by atoms with E-state index in [4.69, 9.17) is 4.42 Å². The number of hydrogen-bond donors (Lipinski definition) is 1. The van der Waals surface area contributed by atoms with E-state index >= 15 is 0 Å². The summed E-state index contributed by atoms with van der Waals surface area (Å²) in [5.41, 5.74) is 1.22. The Labute approximate surface area is 148 Å². The third-order valence-electron chi connectivity index (χ3n) is 3.96. The van der Waals surface area contributed by atoms with Gasteiger partial charge in [0.05, 0.1) is 25.1 Å². The van der Waals surface area contributed by atoms with E-state index < -0.39 is 5.60 Å². The SMILES string of the molecule is CC1(O)CN(C(=O)c2coc(Cc3ccc(-c4nccs4)cn3)n2)C1. The Morgan fingerprint density at radius 2 is 2.24 bits per heavy atom. The molecule has 1 amide bonds. The van der Waals surface area contributed by atoms with E-state index in [2.05, 4.69) is 15.0 Å². The zero-order valence-corrected chi connectivity index (χ0v) is 14.4. The molecule has 0 unspecified atom stereocenters. The van der Waals surface area contributed by atoms with Gasteiger partial charge < -0.3 is 14.4 Å². The Bertz CT molecular complexity index is 879. The molecule has 3 aromatic rings. The summed E-state index contributed by atoms with van der Waals surface area (Å²) in [5, 5.41) is 12.6. The number of β-amino-alcohol motifs (C(OH)–C–C–N with tert-alkyl or cyclic N) is 1. The highest BCUT2D eigenvalue weighted by molar-refractivity contribution is 7.13. The second-order valence-corrected chi connectivity index (χ2v) is 7.23. The van der Waals surface area contributed by atoms with Gasteiger partial charge in [-0.1, -0.05) is 0 Å². The largest absolute Gasteiger partial charge is 0.448 e. The molecule has 0 radical (unpaired) electrons. The summed E-state index contributed by atoms with van der Waals surface area (Å²) in [6.45, 7) is 2.33. The van der Waals surface area contributed by atoms with E-state index in [1.54, 1.807) is 35.6 Å². The second kappa shape index (κ2) is 6.05. The van der Waals surface area contributed by atoms with E-state index in [1.807, 2.05) is 17.5 Å². The fourth-order valence-electron chi connectivity index (χ4n) is 2.75. The first-order chi connectivity index (χ1) is 12.0. The smallest absolute Gasteiger partial charge is 0.276 e. The third-order valence-corrected chi connectivity index (χ3v) is 4.78. The van der Waals surface area contributed by atoms with E-state index in [0.717, 1.165) is 16.3 Å². The van der Waals surface area contributed by atoms with Crippen LogP contribution in [-0.2, 0) is 6.42 Å². The van der Waals surface area contributed by atoms with Crippen LogP contribution in [0.15, 0.2) is 40.6 Å². The molecule has 1 aliphatic heterocycles. The lowest BCUT2D eigenvalue weighted by molar-refractivity contribution is -0.0670. The lowest BCUT2D eigenvalue weighted by Crippen LogP contribution is -2.61. The lowest BCUT2D eigenvalue weighted by atomic mass is 9.97. The van der Waals surface area contributed by atoms with Crippen molar-refractivity contribution in [3.05, 3.63) is 53.4 Å². The van der Waals surface area contributed by atoms with Gasteiger partial charge in [-0.3, -0.25) is 9.78 Å². The maximum atomic E-state index is 12.2. The van der Waals surface area contributed by atoms with E-state index in [9.17, 15) is 9.90 Å². The summed E-state index contributed by atoms with van der Waals surface area (Å²) in [6.07, 6.45) is 5.29. The van der Waals surface area contributed by atoms with Crippen molar-refractivity contribution in [1.29, 1.82) is 0 Å². The molecule has 1 aliphatic rings. The van der Waals surface area contributed by atoms with Gasteiger partial charge in [0.15, 0.2) is 5.69 Å². The van der Waals surface area contributed by atoms with Crippen molar-refractivity contribution in [3.8, 4) is 10.6 Å². The Hall–Kier alpha value is -2.58. The highest BCUT2D eigenvalue weighted by Crippen LogP contribution is 2.23. The minimum atomic E-state index is -0.800. The van der Waals surface area contributed by atoms with Crippen molar-refractivity contribution >= 4 is 17.2 Å². The molecule has 4 heterocycles. The molecule has 1 N–H and O–H groups in total. The van der Waals surface area contributed by atoms with Crippen LogP contribution >= 0.6 is 11.3 Å². The molecule has 128 valence electrons. The minimum absolute atomic E-state index is 0.228. The maximum Gasteiger partial charge on any atom is 0.276 e. The van der Waals surface area contributed by atoms with Gasteiger partial charge in [0.1, 0.15) is 11.3 Å². The quantitative estimate of drug-likeness (QED) is 0.768. The first-order valence-corrected chi connectivity index (χ1v) is 8.69. The monoisotopic (exact) mass is 356 g/mol. The molecule has 8 heteroatoms. The Morgan fingerprint density at radius 1 is 1.40 bits per heavy atom. The number of aromatic nitrogens is 3. The van der Waals surface area contributed by atoms with Crippen molar-refractivity contribution in [2.24, 2.45) is 0 Å². The number of carbonyl (C=O) groups excluding carboxylic acids is 1. The van der Waals surface area contributed by atoms with Crippen LogP contribution in [0.1, 0.15) is 29.0 Å². The molecular weight excluding hydrogens is 340 g/mol. The molecule has 0 spiro atoms. The predicted octanol–water partition coefficient (Wildman–Crippen LogP) is 1.99. The van der Waals surface area contributed by atoms with Crippen LogP contribution in [0, 0.1) is 0 Å². The summed E-state index contributed by atoms with van der Waals surface area (Å²) in [4.78, 5) is 26.7. The molecule has 7 nitrogen and oxygen atoms in total. The number of thiazole rings is 1. The Kier molecular flexibility index (Phi) is 3.85. The third kappa shape index (κ3) is 3.31.